The van der Waals surface area contributed by atoms with Crippen molar-refractivity contribution in [1.82, 2.24) is 5.16 Å². The lowest BCUT2D eigenvalue weighted by Gasteiger charge is -2.50. The molecule has 0 atom stereocenters. The number of hydrogen-bond acceptors (Lipinski definition) is 4. The molecule has 2 N–H and O–H groups in total. The summed E-state index contributed by atoms with van der Waals surface area (Å²) < 4.78 is 25.1. The second kappa shape index (κ2) is 4.78. The van der Waals surface area contributed by atoms with Crippen molar-refractivity contribution in [2.75, 3.05) is 6.61 Å². The molecule has 2 aromatic rings. The summed E-state index contributed by atoms with van der Waals surface area (Å²) in [5.74, 6) is 0.223. The van der Waals surface area contributed by atoms with E-state index in [1.807, 2.05) is 6.07 Å². The summed E-state index contributed by atoms with van der Waals surface area (Å²) in [7, 11) is 0. The maximum atomic E-state index is 13.6. The highest BCUT2D eigenvalue weighted by Gasteiger charge is 2.51. The third kappa shape index (κ3) is 2.16. The van der Waals surface area contributed by atoms with Crippen LogP contribution in [0.5, 0.6) is 0 Å². The van der Waals surface area contributed by atoms with E-state index < -0.39 is 11.4 Å². The normalized spacial score (nSPS) is 30.7. The lowest BCUT2D eigenvalue weighted by molar-refractivity contribution is -0.169. The molecule has 0 radical (unpaired) electrons. The summed E-state index contributed by atoms with van der Waals surface area (Å²) in [5, 5.41) is 4.15. The zero-order valence-corrected chi connectivity index (χ0v) is 12.7. The number of nitrogens with zero attached hydrogens (tertiary/aromatic N) is 1. The molecular weight excluding hydrogens is 307 g/mol. The number of hydrogen-bond donors (Lipinski definition) is 1. The molecule has 6 heteroatoms. The number of fused-ring (bicyclic) bond motifs is 3. The van der Waals surface area contributed by atoms with Crippen molar-refractivity contribution in [3.05, 3.63) is 40.9 Å². The molecule has 0 spiro atoms. The zero-order valence-electron chi connectivity index (χ0n) is 11.9. The van der Waals surface area contributed by atoms with E-state index >= 15 is 0 Å². The fourth-order valence-electron chi connectivity index (χ4n) is 3.32. The second-order valence-electron chi connectivity index (χ2n) is 6.35. The first kappa shape index (κ1) is 14.2. The predicted molar refractivity (Wildman–Crippen MR) is 79.9 cm³/mol. The number of nitrogens with two attached hydrogens (primary N) is 1. The monoisotopic (exact) mass is 322 g/mol. The Morgan fingerprint density at radius 3 is 2.59 bits per heavy atom. The van der Waals surface area contributed by atoms with E-state index in [0.717, 1.165) is 25.7 Å². The van der Waals surface area contributed by atoms with Gasteiger partial charge in [-0.05, 0) is 37.8 Å². The van der Waals surface area contributed by atoms with Crippen LogP contribution in [-0.4, -0.2) is 17.3 Å². The number of rotatable bonds is 2. The highest BCUT2D eigenvalue weighted by Crippen LogP contribution is 2.49. The molecular formula is C16H16ClFN2O2. The second-order valence-corrected chi connectivity index (χ2v) is 6.76. The minimum atomic E-state index is -0.471. The van der Waals surface area contributed by atoms with Gasteiger partial charge in [-0.15, -0.1) is 0 Å². The molecule has 0 amide bonds. The van der Waals surface area contributed by atoms with Gasteiger partial charge in [0.25, 0.3) is 0 Å². The van der Waals surface area contributed by atoms with Gasteiger partial charge in [-0.25, -0.2) is 4.39 Å². The van der Waals surface area contributed by atoms with Gasteiger partial charge in [0, 0.05) is 17.2 Å². The van der Waals surface area contributed by atoms with E-state index in [-0.39, 0.29) is 10.6 Å². The minimum absolute atomic E-state index is 0.0910. The Hall–Kier alpha value is -1.43. The van der Waals surface area contributed by atoms with Crippen LogP contribution < -0.4 is 5.73 Å². The highest BCUT2D eigenvalue weighted by atomic mass is 35.5. The number of halogens is 2. The van der Waals surface area contributed by atoms with Crippen molar-refractivity contribution in [1.29, 1.82) is 0 Å². The van der Waals surface area contributed by atoms with Crippen molar-refractivity contribution < 1.29 is 13.7 Å². The van der Waals surface area contributed by atoms with Crippen LogP contribution in [0.25, 0.3) is 11.3 Å². The van der Waals surface area contributed by atoms with Crippen molar-refractivity contribution in [3.8, 4) is 11.3 Å². The van der Waals surface area contributed by atoms with Gasteiger partial charge in [0.1, 0.15) is 17.1 Å². The lowest BCUT2D eigenvalue weighted by atomic mass is 9.70. The van der Waals surface area contributed by atoms with Crippen molar-refractivity contribution in [2.45, 2.75) is 36.8 Å². The van der Waals surface area contributed by atoms with Crippen LogP contribution in [-0.2, 0) is 10.3 Å². The van der Waals surface area contributed by atoms with E-state index in [0.29, 0.717) is 23.6 Å². The topological polar surface area (TPSA) is 61.3 Å². The Balaban J connectivity index is 1.65. The molecule has 3 fully saturated rings. The molecule has 0 unspecified atom stereocenters. The average Bonchev–Trinajstić information content (AvgIpc) is 3.02. The molecule has 22 heavy (non-hydrogen) atoms. The predicted octanol–water partition coefficient (Wildman–Crippen LogP) is 3.63. The first-order valence-corrected chi connectivity index (χ1v) is 7.73. The van der Waals surface area contributed by atoms with Gasteiger partial charge in [0.2, 0.25) is 0 Å². The van der Waals surface area contributed by atoms with Gasteiger partial charge in [-0.2, -0.15) is 0 Å². The zero-order chi connectivity index (χ0) is 15.4. The van der Waals surface area contributed by atoms with Crippen LogP contribution in [0, 0.1) is 5.82 Å². The smallest absolute Gasteiger partial charge is 0.169 e. The maximum Gasteiger partial charge on any atom is 0.169 e. The van der Waals surface area contributed by atoms with Gasteiger partial charge in [-0.3, -0.25) is 0 Å². The Morgan fingerprint density at radius 1 is 1.18 bits per heavy atom. The Kier molecular flexibility index (Phi) is 3.08. The number of benzene rings is 1. The summed E-state index contributed by atoms with van der Waals surface area (Å²) in [4.78, 5) is 0. The first-order chi connectivity index (χ1) is 10.5. The standard InChI is InChI=1S/C16H16ClFN2O2/c17-11-2-1-10(7-12(11)18)13-8-14(22-20-13)16-5-3-15(19,4-6-16)9-21-16/h1-2,7-8H,3-6,9,19H2. The summed E-state index contributed by atoms with van der Waals surface area (Å²) >= 11 is 5.71. The SMILES string of the molecule is NC12CCC(c3cc(-c4ccc(Cl)c(F)c4)no3)(CC1)OC2. The molecule has 2 bridgehead atoms. The average molecular weight is 323 g/mol. The maximum absolute atomic E-state index is 13.6. The number of ether oxygens (including phenoxy) is 1. The quantitative estimate of drug-likeness (QED) is 0.917. The van der Waals surface area contributed by atoms with Crippen molar-refractivity contribution >= 4 is 11.6 Å². The van der Waals surface area contributed by atoms with Crippen LogP contribution in [0.15, 0.2) is 28.8 Å². The third-order valence-corrected chi connectivity index (χ3v) is 5.17. The summed E-state index contributed by atoms with van der Waals surface area (Å²) in [5.41, 5.74) is 6.83. The largest absolute Gasteiger partial charge is 0.365 e. The van der Waals surface area contributed by atoms with Crippen LogP contribution in [0.3, 0.4) is 0 Å². The molecule has 1 aliphatic carbocycles. The van der Waals surface area contributed by atoms with Crippen molar-refractivity contribution in [2.24, 2.45) is 5.73 Å². The summed E-state index contributed by atoms with van der Waals surface area (Å²) in [6.45, 7) is 0.540. The molecule has 2 saturated heterocycles. The van der Waals surface area contributed by atoms with Crippen LogP contribution in [0.2, 0.25) is 5.02 Å². The van der Waals surface area contributed by atoms with Gasteiger partial charge < -0.3 is 15.0 Å². The third-order valence-electron chi connectivity index (χ3n) is 4.86. The van der Waals surface area contributed by atoms with E-state index in [2.05, 4.69) is 5.16 Å². The van der Waals surface area contributed by atoms with E-state index in [1.54, 1.807) is 6.07 Å². The molecule has 5 rings (SSSR count). The fraction of sp³-hybridized carbons (Fsp3) is 0.438. The molecule has 116 valence electrons. The molecule has 4 nitrogen and oxygen atoms in total. The van der Waals surface area contributed by atoms with Gasteiger partial charge >= 0.3 is 0 Å². The number of aromatic nitrogens is 1. The Bertz CT molecular complexity index is 706. The van der Waals surface area contributed by atoms with E-state index in [9.17, 15) is 4.39 Å². The van der Waals surface area contributed by atoms with Crippen LogP contribution in [0.1, 0.15) is 31.4 Å². The molecule has 1 aromatic heterocycles. The Labute approximate surface area is 132 Å². The van der Waals surface area contributed by atoms with E-state index in [4.69, 9.17) is 26.6 Å². The minimum Gasteiger partial charge on any atom is -0.365 e. The van der Waals surface area contributed by atoms with Crippen molar-refractivity contribution in [3.63, 3.8) is 0 Å². The molecule has 2 aliphatic heterocycles. The summed E-state index contributed by atoms with van der Waals surface area (Å²) in [6.07, 6.45) is 3.48. The van der Waals surface area contributed by atoms with Gasteiger partial charge in [0.15, 0.2) is 5.76 Å². The van der Waals surface area contributed by atoms with Gasteiger partial charge in [0.05, 0.1) is 11.6 Å². The van der Waals surface area contributed by atoms with E-state index in [1.165, 1.54) is 12.1 Å². The molecule has 3 aliphatic rings. The molecule has 3 heterocycles. The molecule has 1 saturated carbocycles. The van der Waals surface area contributed by atoms with Gasteiger partial charge in [-0.1, -0.05) is 22.8 Å². The first-order valence-electron chi connectivity index (χ1n) is 7.35. The highest BCUT2D eigenvalue weighted by molar-refractivity contribution is 6.30. The summed E-state index contributed by atoms with van der Waals surface area (Å²) in [6, 6.07) is 6.42. The molecule has 1 aromatic carbocycles. The Morgan fingerprint density at radius 2 is 1.95 bits per heavy atom. The lowest BCUT2D eigenvalue weighted by Crippen LogP contribution is -2.58. The fourth-order valence-corrected chi connectivity index (χ4v) is 3.44. The van der Waals surface area contributed by atoms with Crippen LogP contribution in [0.4, 0.5) is 4.39 Å². The van der Waals surface area contributed by atoms with Crippen LogP contribution >= 0.6 is 11.6 Å².